The van der Waals surface area contributed by atoms with Crippen LogP contribution in [0.4, 0.5) is 90.4 Å². The summed E-state index contributed by atoms with van der Waals surface area (Å²) in [6.45, 7) is 0. The molecular weight excluding hydrogens is 790 g/mol. The van der Waals surface area contributed by atoms with Gasteiger partial charge >= 0.3 is 47.9 Å². The fourth-order valence-corrected chi connectivity index (χ4v) is 5.80. The van der Waals surface area contributed by atoms with Crippen molar-refractivity contribution in [2.45, 2.75) is 66.1 Å². The van der Waals surface area contributed by atoms with Gasteiger partial charge in [-0.3, -0.25) is 0 Å². The molecule has 300 valence electrons. The molecule has 20 heteroatoms. The van der Waals surface area contributed by atoms with Gasteiger partial charge in [-0.05, 0) is 70.5 Å². The van der Waals surface area contributed by atoms with Gasteiger partial charge in [0, 0.05) is 11.4 Å². The number of nitrogen functional groups attached to an aromatic ring is 2. The highest BCUT2D eigenvalue weighted by Gasteiger charge is 2.95. The van der Waals surface area contributed by atoms with E-state index in [4.69, 9.17) is 11.5 Å². The maximum atomic E-state index is 16.5. The molecule has 0 bridgehead atoms. The number of hydrogen-bond donors (Lipinski definition) is 2. The lowest BCUT2D eigenvalue weighted by atomic mass is 9.60. The highest BCUT2D eigenvalue weighted by molar-refractivity contribution is 5.51. The van der Waals surface area contributed by atoms with Crippen molar-refractivity contribution in [2.24, 2.45) is 0 Å². The number of anilines is 2. The highest BCUT2D eigenvalue weighted by atomic mass is 19.4. The minimum atomic E-state index is -8.28. The van der Waals surface area contributed by atoms with Crippen LogP contribution in [0, 0.1) is 0 Å². The molecule has 0 unspecified atom stereocenters. The summed E-state index contributed by atoms with van der Waals surface area (Å²) in [5.74, 6) is -48.8. The molecule has 0 fully saturated rings. The summed E-state index contributed by atoms with van der Waals surface area (Å²) in [6.07, 6.45) is -16.2. The topological polar surface area (TPSA) is 52.0 Å². The van der Waals surface area contributed by atoms with E-state index >= 15 is 35.1 Å². The van der Waals surface area contributed by atoms with Crippen LogP contribution < -0.4 is 11.5 Å². The zero-order valence-corrected chi connectivity index (χ0v) is 27.1. The molecule has 0 spiro atoms. The largest absolute Gasteiger partial charge is 0.460 e. The van der Waals surface area contributed by atoms with Crippen molar-refractivity contribution in [1.82, 2.24) is 0 Å². The van der Waals surface area contributed by atoms with Crippen LogP contribution in [0.15, 0.2) is 97.1 Å². The molecule has 0 saturated carbocycles. The number of hydrogen-bond acceptors (Lipinski definition) is 2. The summed E-state index contributed by atoms with van der Waals surface area (Å²) >= 11 is 0. The van der Waals surface area contributed by atoms with Crippen LogP contribution in [-0.2, 0) is 18.3 Å². The summed E-state index contributed by atoms with van der Waals surface area (Å²) in [4.78, 5) is 0. The number of rotatable bonds is 12. The van der Waals surface area contributed by atoms with Gasteiger partial charge < -0.3 is 11.5 Å². The molecule has 4 aromatic rings. The molecule has 0 atom stereocenters. The lowest BCUT2D eigenvalue weighted by Crippen LogP contribution is -2.77. The lowest BCUT2D eigenvalue weighted by Gasteiger charge is -2.51. The van der Waals surface area contributed by atoms with Crippen molar-refractivity contribution in [2.75, 3.05) is 11.5 Å². The SMILES string of the molecule is Nc1ccc(Cc2ccc(C(c3ccc(Cc4ccc(N)cc4)cc3)(C(F)(F)C(F)(F)C(F)(F)C(F)(F)F)C(F)(F)C(F)(F)C(F)(F)C(F)(F)F)cc2)cc1. The van der Waals surface area contributed by atoms with Gasteiger partial charge in [0.25, 0.3) is 0 Å². The van der Waals surface area contributed by atoms with E-state index < -0.39 is 64.4 Å². The molecular formula is C35H24F18N2. The molecule has 4 N–H and O–H groups in total. The summed E-state index contributed by atoms with van der Waals surface area (Å²) in [5.41, 5.74) is 0.115. The maximum absolute atomic E-state index is 16.5. The lowest BCUT2D eigenvalue weighted by molar-refractivity contribution is -0.438. The fourth-order valence-electron chi connectivity index (χ4n) is 5.80. The molecule has 2 nitrogen and oxygen atoms in total. The van der Waals surface area contributed by atoms with Crippen LogP contribution in [0.5, 0.6) is 0 Å². The molecule has 0 aliphatic rings. The van der Waals surface area contributed by atoms with Gasteiger partial charge in [-0.1, -0.05) is 72.8 Å². The first-order chi connectivity index (χ1) is 24.9. The second-order valence-electron chi connectivity index (χ2n) is 12.4. The Kier molecular flexibility index (Phi) is 10.7. The standard InChI is InChI=1S/C35H24F18N2/c36-28(37,30(40,41)32(44,45)34(48,49)50)27(29(38,39)31(42,43)33(46,47)35(51,52)53,23-9-1-19(2-10-23)17-21-5-13-25(54)14-6-21)24-11-3-20(4-12-24)18-22-7-15-26(55)16-8-22/h1-16H,17-18,54-55H2. The van der Waals surface area contributed by atoms with Crippen LogP contribution in [0.3, 0.4) is 0 Å². The average molecular weight is 815 g/mol. The van der Waals surface area contributed by atoms with Gasteiger partial charge in [-0.25, -0.2) is 0 Å². The van der Waals surface area contributed by atoms with Gasteiger partial charge in [-0.2, -0.15) is 79.0 Å². The van der Waals surface area contributed by atoms with E-state index in [1.807, 2.05) is 0 Å². The third kappa shape index (κ3) is 6.78. The molecule has 0 aliphatic heterocycles. The van der Waals surface area contributed by atoms with Gasteiger partial charge in [0.2, 0.25) is 0 Å². The molecule has 55 heavy (non-hydrogen) atoms. The number of halogens is 18. The molecule has 0 aliphatic carbocycles. The zero-order valence-electron chi connectivity index (χ0n) is 27.1. The summed E-state index contributed by atoms with van der Waals surface area (Å²) in [6, 6.07) is 11.5. The van der Waals surface area contributed by atoms with Gasteiger partial charge in [0.1, 0.15) is 0 Å². The van der Waals surface area contributed by atoms with E-state index in [1.165, 1.54) is 48.5 Å². The quantitative estimate of drug-likeness (QED) is 0.111. The number of nitrogens with two attached hydrogens (primary N) is 2. The van der Waals surface area contributed by atoms with Crippen LogP contribution in [-0.4, -0.2) is 47.9 Å². The van der Waals surface area contributed by atoms with E-state index in [0.29, 0.717) is 24.3 Å². The van der Waals surface area contributed by atoms with Crippen LogP contribution in [0.1, 0.15) is 33.4 Å². The Morgan fingerprint density at radius 1 is 0.291 bits per heavy atom. The molecule has 4 aromatic carbocycles. The predicted molar refractivity (Wildman–Crippen MR) is 163 cm³/mol. The first-order valence-electron chi connectivity index (χ1n) is 15.2. The molecule has 0 aromatic heterocycles. The minimum Gasteiger partial charge on any atom is -0.399 e. The normalized spacial score (nSPS) is 14.3. The van der Waals surface area contributed by atoms with Crippen molar-refractivity contribution in [3.05, 3.63) is 130 Å². The van der Waals surface area contributed by atoms with E-state index in [2.05, 4.69) is 0 Å². The Balaban J connectivity index is 2.15. The van der Waals surface area contributed by atoms with E-state index in [-0.39, 0.29) is 70.7 Å². The predicted octanol–water partition coefficient (Wildman–Crippen LogP) is 11.3. The van der Waals surface area contributed by atoms with E-state index in [0.717, 1.165) is 0 Å². The summed E-state index contributed by atoms with van der Waals surface area (Å²) in [7, 11) is 0. The first kappa shape index (κ1) is 43.0. The molecule has 0 saturated heterocycles. The monoisotopic (exact) mass is 814 g/mol. The zero-order chi connectivity index (χ0) is 41.8. The third-order valence-electron chi connectivity index (χ3n) is 8.78. The molecule has 0 heterocycles. The Morgan fingerprint density at radius 2 is 0.509 bits per heavy atom. The Bertz CT molecular complexity index is 1790. The Morgan fingerprint density at radius 3 is 0.727 bits per heavy atom. The van der Waals surface area contributed by atoms with Crippen LogP contribution >= 0.6 is 0 Å². The van der Waals surface area contributed by atoms with E-state index in [1.54, 1.807) is 0 Å². The number of benzene rings is 4. The smallest absolute Gasteiger partial charge is 0.399 e. The summed E-state index contributed by atoms with van der Waals surface area (Å²) < 4.78 is 265. The third-order valence-corrected chi connectivity index (χ3v) is 8.78. The van der Waals surface area contributed by atoms with Crippen molar-refractivity contribution >= 4 is 11.4 Å². The van der Waals surface area contributed by atoms with Gasteiger partial charge in [0.05, 0.1) is 0 Å². The number of alkyl halides is 18. The first-order valence-corrected chi connectivity index (χ1v) is 15.2. The fraction of sp³-hybridized carbons (Fsp3) is 0.314. The van der Waals surface area contributed by atoms with Gasteiger partial charge in [0.15, 0.2) is 5.41 Å². The van der Waals surface area contributed by atoms with Gasteiger partial charge in [-0.15, -0.1) is 0 Å². The van der Waals surface area contributed by atoms with E-state index in [9.17, 15) is 43.9 Å². The van der Waals surface area contributed by atoms with Crippen molar-refractivity contribution in [1.29, 1.82) is 0 Å². The minimum absolute atomic E-state index is 0.194. The van der Waals surface area contributed by atoms with Crippen molar-refractivity contribution in [3.63, 3.8) is 0 Å². The van der Waals surface area contributed by atoms with Crippen molar-refractivity contribution in [3.8, 4) is 0 Å². The Labute approximate surface area is 298 Å². The summed E-state index contributed by atoms with van der Waals surface area (Å²) in [5, 5.41) is 0. The van der Waals surface area contributed by atoms with Crippen LogP contribution in [0.25, 0.3) is 0 Å². The second-order valence-corrected chi connectivity index (χ2v) is 12.4. The Hall–Kier alpha value is -4.78. The van der Waals surface area contributed by atoms with Crippen molar-refractivity contribution < 1.29 is 79.0 Å². The highest BCUT2D eigenvalue weighted by Crippen LogP contribution is 2.69. The molecule has 0 amide bonds. The second kappa shape index (κ2) is 13.8. The molecule has 4 rings (SSSR count). The maximum Gasteiger partial charge on any atom is 0.460 e. The average Bonchev–Trinajstić information content (AvgIpc) is 3.07. The molecule has 0 radical (unpaired) electrons. The van der Waals surface area contributed by atoms with Crippen LogP contribution in [0.2, 0.25) is 0 Å².